The molecule has 0 bridgehead atoms. The Bertz CT molecular complexity index is 421. The lowest BCUT2D eigenvalue weighted by Crippen LogP contribution is -2.45. The predicted molar refractivity (Wildman–Crippen MR) is 82.3 cm³/mol. The molecule has 1 heterocycles. The van der Waals surface area contributed by atoms with E-state index in [-0.39, 0.29) is 11.9 Å². The number of nitrogens with zero attached hydrogens (tertiary/aromatic N) is 1. The maximum absolute atomic E-state index is 13.8. The van der Waals surface area contributed by atoms with Crippen LogP contribution in [0.2, 0.25) is 0 Å². The van der Waals surface area contributed by atoms with Gasteiger partial charge >= 0.3 is 0 Å². The fourth-order valence-electron chi connectivity index (χ4n) is 3.23. The number of hydrogen-bond donors (Lipinski definition) is 1. The predicted octanol–water partition coefficient (Wildman–Crippen LogP) is 3.60. The molecule has 0 radical (unpaired) electrons. The van der Waals surface area contributed by atoms with E-state index in [2.05, 4.69) is 31.0 Å². The first kappa shape index (κ1) is 15.5. The topological polar surface area (TPSA) is 15.3 Å². The lowest BCUT2D eigenvalue weighted by molar-refractivity contribution is 0.153. The molecule has 1 saturated heterocycles. The first-order chi connectivity index (χ1) is 9.61. The van der Waals surface area contributed by atoms with E-state index in [1.54, 1.807) is 6.07 Å². The lowest BCUT2D eigenvalue weighted by atomic mass is 9.90. The number of benzene rings is 1. The van der Waals surface area contributed by atoms with E-state index < -0.39 is 0 Å². The Morgan fingerprint density at radius 3 is 2.80 bits per heavy atom. The van der Waals surface area contributed by atoms with Gasteiger partial charge in [0, 0.05) is 24.2 Å². The van der Waals surface area contributed by atoms with Crippen LogP contribution >= 0.6 is 0 Å². The van der Waals surface area contributed by atoms with Crippen molar-refractivity contribution >= 4 is 0 Å². The molecule has 0 aliphatic carbocycles. The van der Waals surface area contributed by atoms with Crippen molar-refractivity contribution in [3.05, 3.63) is 35.6 Å². The fraction of sp³-hybridized carbons (Fsp3) is 0.647. The number of hydrogen-bond acceptors (Lipinski definition) is 2. The molecule has 3 heteroatoms. The van der Waals surface area contributed by atoms with Gasteiger partial charge in [-0.25, -0.2) is 4.39 Å². The van der Waals surface area contributed by atoms with Gasteiger partial charge in [0.05, 0.1) is 0 Å². The highest BCUT2D eigenvalue weighted by atomic mass is 19.1. The summed E-state index contributed by atoms with van der Waals surface area (Å²) in [7, 11) is 0. The average Bonchev–Trinajstić information content (AvgIpc) is 2.47. The molecule has 0 amide bonds. The molecule has 1 aromatic carbocycles. The highest BCUT2D eigenvalue weighted by Crippen LogP contribution is 2.23. The minimum atomic E-state index is -0.112. The minimum absolute atomic E-state index is 0.0585. The molecule has 20 heavy (non-hydrogen) atoms. The number of halogens is 1. The molecule has 1 aliphatic rings. The van der Waals surface area contributed by atoms with Crippen LogP contribution in [0.25, 0.3) is 0 Å². The molecule has 3 atom stereocenters. The van der Waals surface area contributed by atoms with Gasteiger partial charge in [0.15, 0.2) is 0 Å². The first-order valence-electron chi connectivity index (χ1n) is 7.84. The molecule has 0 aromatic heterocycles. The van der Waals surface area contributed by atoms with Crippen LogP contribution in [0.4, 0.5) is 4.39 Å². The number of rotatable bonds is 5. The molecule has 0 spiro atoms. The zero-order chi connectivity index (χ0) is 14.5. The monoisotopic (exact) mass is 278 g/mol. The number of piperidine rings is 1. The standard InChI is InChI=1S/C17H27FN2/c1-4-20-11-7-8-15(12-20)13(2)19-14(3)16-9-5-6-10-17(16)18/h5-6,9-10,13-15,19H,4,7-8,11-12H2,1-3H3/t13?,14-,15?/m1/s1. The smallest absolute Gasteiger partial charge is 0.127 e. The summed E-state index contributed by atoms with van der Waals surface area (Å²) in [6.07, 6.45) is 2.55. The summed E-state index contributed by atoms with van der Waals surface area (Å²) in [4.78, 5) is 2.51. The third-order valence-corrected chi connectivity index (χ3v) is 4.58. The Hall–Kier alpha value is -0.930. The quantitative estimate of drug-likeness (QED) is 0.885. The Balaban J connectivity index is 1.93. The highest BCUT2D eigenvalue weighted by molar-refractivity contribution is 5.20. The maximum Gasteiger partial charge on any atom is 0.127 e. The maximum atomic E-state index is 13.8. The molecule has 112 valence electrons. The fourth-order valence-corrected chi connectivity index (χ4v) is 3.23. The second kappa shape index (κ2) is 7.19. The summed E-state index contributed by atoms with van der Waals surface area (Å²) in [6.45, 7) is 10.0. The summed E-state index contributed by atoms with van der Waals surface area (Å²) in [6, 6.07) is 7.54. The molecular weight excluding hydrogens is 251 g/mol. The molecule has 2 unspecified atom stereocenters. The molecule has 2 rings (SSSR count). The van der Waals surface area contributed by atoms with Gasteiger partial charge in [-0.2, -0.15) is 0 Å². The van der Waals surface area contributed by atoms with E-state index in [1.165, 1.54) is 25.5 Å². The van der Waals surface area contributed by atoms with Crippen molar-refractivity contribution in [3.8, 4) is 0 Å². The first-order valence-corrected chi connectivity index (χ1v) is 7.84. The van der Waals surface area contributed by atoms with Gasteiger partial charge < -0.3 is 10.2 Å². The number of nitrogens with one attached hydrogen (secondary N) is 1. The van der Waals surface area contributed by atoms with Gasteiger partial charge in [-0.15, -0.1) is 0 Å². The second-order valence-electron chi connectivity index (χ2n) is 5.99. The highest BCUT2D eigenvalue weighted by Gasteiger charge is 2.25. The Kier molecular flexibility index (Phi) is 5.55. The molecule has 2 nitrogen and oxygen atoms in total. The van der Waals surface area contributed by atoms with Gasteiger partial charge in [0.2, 0.25) is 0 Å². The van der Waals surface area contributed by atoms with Gasteiger partial charge in [-0.1, -0.05) is 25.1 Å². The van der Waals surface area contributed by atoms with Crippen LogP contribution in [0, 0.1) is 11.7 Å². The zero-order valence-corrected chi connectivity index (χ0v) is 12.9. The SMILES string of the molecule is CCN1CCCC(C(C)N[C@H](C)c2ccccc2F)C1. The van der Waals surface area contributed by atoms with Crippen molar-refractivity contribution in [2.24, 2.45) is 5.92 Å². The van der Waals surface area contributed by atoms with E-state index in [1.807, 2.05) is 12.1 Å². The van der Waals surface area contributed by atoms with Crippen LogP contribution in [0.5, 0.6) is 0 Å². The van der Waals surface area contributed by atoms with Crippen LogP contribution in [0.3, 0.4) is 0 Å². The van der Waals surface area contributed by atoms with Gasteiger partial charge in [0.1, 0.15) is 5.82 Å². The summed E-state index contributed by atoms with van der Waals surface area (Å²) >= 11 is 0. The van der Waals surface area contributed by atoms with Crippen LogP contribution in [-0.4, -0.2) is 30.6 Å². The van der Waals surface area contributed by atoms with Crippen molar-refractivity contribution in [2.45, 2.75) is 45.7 Å². The van der Waals surface area contributed by atoms with Crippen LogP contribution in [0.1, 0.15) is 45.2 Å². The number of likely N-dealkylation sites (tertiary alicyclic amines) is 1. The van der Waals surface area contributed by atoms with E-state index in [0.29, 0.717) is 12.0 Å². The second-order valence-corrected chi connectivity index (χ2v) is 5.99. The Labute approximate surface area is 122 Å². The molecule has 1 aromatic rings. The average molecular weight is 278 g/mol. The van der Waals surface area contributed by atoms with Crippen molar-refractivity contribution in [1.82, 2.24) is 10.2 Å². The Morgan fingerprint density at radius 2 is 2.10 bits per heavy atom. The third kappa shape index (κ3) is 3.80. The van der Waals surface area contributed by atoms with Gasteiger partial charge in [-0.05, 0) is 51.8 Å². The van der Waals surface area contributed by atoms with Crippen molar-refractivity contribution < 1.29 is 4.39 Å². The molecule has 0 saturated carbocycles. The lowest BCUT2D eigenvalue weighted by Gasteiger charge is -2.36. The molecular formula is C17H27FN2. The molecule has 1 N–H and O–H groups in total. The van der Waals surface area contributed by atoms with Crippen LogP contribution in [-0.2, 0) is 0 Å². The minimum Gasteiger partial charge on any atom is -0.307 e. The largest absolute Gasteiger partial charge is 0.307 e. The molecule has 1 aliphatic heterocycles. The molecule has 1 fully saturated rings. The summed E-state index contributed by atoms with van der Waals surface area (Å²) in [5, 5.41) is 3.58. The normalized spacial score (nSPS) is 23.5. The third-order valence-electron chi connectivity index (χ3n) is 4.58. The van der Waals surface area contributed by atoms with E-state index >= 15 is 0 Å². The Morgan fingerprint density at radius 1 is 1.35 bits per heavy atom. The summed E-state index contributed by atoms with van der Waals surface area (Å²) < 4.78 is 13.8. The van der Waals surface area contributed by atoms with Crippen LogP contribution in [0.15, 0.2) is 24.3 Å². The van der Waals surface area contributed by atoms with E-state index in [9.17, 15) is 4.39 Å². The van der Waals surface area contributed by atoms with Gasteiger partial charge in [-0.3, -0.25) is 0 Å². The van der Waals surface area contributed by atoms with Crippen molar-refractivity contribution in [1.29, 1.82) is 0 Å². The van der Waals surface area contributed by atoms with Crippen molar-refractivity contribution in [2.75, 3.05) is 19.6 Å². The summed E-state index contributed by atoms with van der Waals surface area (Å²) in [5.41, 5.74) is 0.766. The van der Waals surface area contributed by atoms with E-state index in [0.717, 1.165) is 18.7 Å². The zero-order valence-electron chi connectivity index (χ0n) is 12.9. The summed E-state index contributed by atoms with van der Waals surface area (Å²) in [5.74, 6) is 0.552. The van der Waals surface area contributed by atoms with Crippen LogP contribution < -0.4 is 5.32 Å². The van der Waals surface area contributed by atoms with E-state index in [4.69, 9.17) is 0 Å². The van der Waals surface area contributed by atoms with Gasteiger partial charge in [0.25, 0.3) is 0 Å². The van der Waals surface area contributed by atoms with Crippen molar-refractivity contribution in [3.63, 3.8) is 0 Å².